The normalized spacial score (nSPS) is 15.1. The number of esters is 1. The van der Waals surface area contributed by atoms with Crippen molar-refractivity contribution in [3.63, 3.8) is 0 Å². The van der Waals surface area contributed by atoms with E-state index in [1.165, 1.54) is 12.3 Å². The second-order valence-electron chi connectivity index (χ2n) is 8.52. The minimum absolute atomic E-state index is 0.0558. The van der Waals surface area contributed by atoms with E-state index in [1.54, 1.807) is 31.4 Å². The molecule has 0 fully saturated rings. The van der Waals surface area contributed by atoms with Crippen LogP contribution in [0.25, 0.3) is 32.9 Å². The number of carbonyl (C=O) groups is 1. The van der Waals surface area contributed by atoms with Gasteiger partial charge in [-0.15, -0.1) is 0 Å². The molecule has 0 bridgehead atoms. The van der Waals surface area contributed by atoms with Crippen LogP contribution in [-0.2, 0) is 4.79 Å². The van der Waals surface area contributed by atoms with Gasteiger partial charge in [-0.2, -0.15) is 0 Å². The Morgan fingerprint density at radius 1 is 0.971 bits per heavy atom. The molecule has 0 saturated heterocycles. The molecule has 1 aliphatic heterocycles. The molecule has 1 N–H and O–H groups in total. The van der Waals surface area contributed by atoms with E-state index in [1.807, 2.05) is 42.5 Å². The Bertz CT molecular complexity index is 1680. The monoisotopic (exact) mass is 464 g/mol. The van der Waals surface area contributed by atoms with Crippen molar-refractivity contribution in [3.05, 3.63) is 100 Å². The van der Waals surface area contributed by atoms with Crippen LogP contribution in [0.5, 0.6) is 17.2 Å². The second-order valence-corrected chi connectivity index (χ2v) is 8.52. The van der Waals surface area contributed by atoms with Crippen LogP contribution >= 0.6 is 0 Å². The zero-order chi connectivity index (χ0) is 24.1. The number of hydrogen-bond donors (Lipinski definition) is 1. The average Bonchev–Trinajstić information content (AvgIpc) is 2.88. The van der Waals surface area contributed by atoms with E-state index in [2.05, 4.69) is 0 Å². The van der Waals surface area contributed by atoms with Crippen molar-refractivity contribution < 1.29 is 23.8 Å². The molecule has 0 unspecified atom stereocenters. The zero-order valence-electron chi connectivity index (χ0n) is 18.8. The van der Waals surface area contributed by atoms with Gasteiger partial charge in [-0.25, -0.2) is 0 Å². The summed E-state index contributed by atoms with van der Waals surface area (Å²) in [6, 6.07) is 22.2. The number of benzene rings is 4. The van der Waals surface area contributed by atoms with Gasteiger partial charge in [-0.1, -0.05) is 54.6 Å². The maximum absolute atomic E-state index is 13.6. The summed E-state index contributed by atoms with van der Waals surface area (Å²) in [6.07, 6.45) is 1.48. The predicted molar refractivity (Wildman–Crippen MR) is 132 cm³/mol. The first kappa shape index (κ1) is 21.0. The van der Waals surface area contributed by atoms with Crippen LogP contribution in [0.1, 0.15) is 23.5 Å². The molecule has 6 heteroatoms. The first-order valence-corrected chi connectivity index (χ1v) is 11.2. The fourth-order valence-corrected chi connectivity index (χ4v) is 4.92. The molecule has 5 aromatic rings. The minimum atomic E-state index is -0.411. The maximum Gasteiger partial charge on any atom is 0.312 e. The van der Waals surface area contributed by atoms with Gasteiger partial charge in [0.15, 0.2) is 0 Å². The maximum atomic E-state index is 13.6. The lowest BCUT2D eigenvalue weighted by molar-refractivity contribution is -0.135. The summed E-state index contributed by atoms with van der Waals surface area (Å²) in [5.74, 6) is -0.254. The van der Waals surface area contributed by atoms with E-state index in [0.29, 0.717) is 22.4 Å². The van der Waals surface area contributed by atoms with E-state index >= 15 is 0 Å². The summed E-state index contributed by atoms with van der Waals surface area (Å²) in [7, 11) is 1.57. The lowest BCUT2D eigenvalue weighted by Gasteiger charge is -2.26. The Labute approximate surface area is 200 Å². The lowest BCUT2D eigenvalue weighted by Crippen LogP contribution is -2.22. The number of fused-ring (bicyclic) bond motifs is 4. The zero-order valence-corrected chi connectivity index (χ0v) is 18.8. The number of rotatable bonds is 3. The van der Waals surface area contributed by atoms with E-state index in [9.17, 15) is 14.7 Å². The molecule has 4 aromatic carbocycles. The van der Waals surface area contributed by atoms with Gasteiger partial charge in [-0.3, -0.25) is 9.59 Å². The number of carbonyl (C=O) groups excluding carboxylic acids is 1. The topological polar surface area (TPSA) is 86.0 Å². The summed E-state index contributed by atoms with van der Waals surface area (Å²) in [5.41, 5.74) is 2.29. The van der Waals surface area contributed by atoms with E-state index < -0.39 is 11.9 Å². The van der Waals surface area contributed by atoms with Crippen molar-refractivity contribution in [1.82, 2.24) is 0 Å². The summed E-state index contributed by atoms with van der Waals surface area (Å²) < 4.78 is 16.7. The molecule has 1 aliphatic rings. The third kappa shape index (κ3) is 3.34. The van der Waals surface area contributed by atoms with Crippen molar-refractivity contribution in [2.24, 2.45) is 0 Å². The van der Waals surface area contributed by atoms with Gasteiger partial charge in [0.25, 0.3) is 0 Å². The highest BCUT2D eigenvalue weighted by atomic mass is 16.5. The molecular formula is C29H20O6. The Kier molecular flexibility index (Phi) is 4.81. The molecule has 6 nitrogen and oxygen atoms in total. The van der Waals surface area contributed by atoms with Crippen LogP contribution in [0.3, 0.4) is 0 Å². The summed E-state index contributed by atoms with van der Waals surface area (Å²) >= 11 is 0. The molecule has 35 heavy (non-hydrogen) atoms. The Balaban J connectivity index is 1.61. The van der Waals surface area contributed by atoms with Gasteiger partial charge in [0.2, 0.25) is 5.43 Å². The van der Waals surface area contributed by atoms with Gasteiger partial charge >= 0.3 is 5.97 Å². The standard InChI is InChI=1S/C29H20O6/c1-33-18-11-9-17(10-12-18)22-15-34-29-26-21(20-8-4-6-16-5-2-3-7-19(16)20)13-25(31)35-24(26)14-23(30)27(29)28(22)32/h2-12,14-15,21,30H,13H2,1H3/t21-/m1/s1. The molecule has 2 heterocycles. The van der Waals surface area contributed by atoms with Crippen molar-refractivity contribution in [3.8, 4) is 28.4 Å². The second kappa shape index (κ2) is 8.02. The summed E-state index contributed by atoms with van der Waals surface area (Å²) in [5, 5.41) is 12.9. The molecule has 1 aromatic heterocycles. The van der Waals surface area contributed by atoms with E-state index in [-0.39, 0.29) is 34.3 Å². The van der Waals surface area contributed by atoms with E-state index in [0.717, 1.165) is 16.3 Å². The number of hydrogen-bond acceptors (Lipinski definition) is 6. The molecule has 0 spiro atoms. The molecule has 0 radical (unpaired) electrons. The fraction of sp³-hybridized carbons (Fsp3) is 0.103. The van der Waals surface area contributed by atoms with Gasteiger partial charge in [0.05, 0.1) is 19.1 Å². The molecule has 6 rings (SSSR count). The Morgan fingerprint density at radius 3 is 2.54 bits per heavy atom. The molecule has 0 aliphatic carbocycles. The number of methoxy groups -OCH3 is 1. The van der Waals surface area contributed by atoms with E-state index in [4.69, 9.17) is 13.9 Å². The van der Waals surface area contributed by atoms with Gasteiger partial charge in [0.1, 0.15) is 34.5 Å². The number of ether oxygens (including phenoxy) is 2. The SMILES string of the molecule is COc1ccc(-c2coc3c4c(cc(O)c3c2=O)OC(=O)C[C@@H]4c2cccc3ccccc23)cc1. The Hall–Kier alpha value is -4.58. The van der Waals surface area contributed by atoms with Crippen LogP contribution < -0.4 is 14.9 Å². The molecule has 0 amide bonds. The lowest BCUT2D eigenvalue weighted by atomic mass is 9.82. The quantitative estimate of drug-likeness (QED) is 0.270. The van der Waals surface area contributed by atoms with Crippen LogP contribution in [-0.4, -0.2) is 18.2 Å². The number of aromatic hydroxyl groups is 1. The largest absolute Gasteiger partial charge is 0.507 e. The van der Waals surface area contributed by atoms with Gasteiger partial charge in [-0.05, 0) is 34.0 Å². The molecular weight excluding hydrogens is 444 g/mol. The predicted octanol–water partition coefficient (Wildman–Crippen LogP) is 5.77. The number of phenolic OH excluding ortho intramolecular Hbond substituents is 1. The first-order valence-electron chi connectivity index (χ1n) is 11.2. The number of phenols is 1. The van der Waals surface area contributed by atoms with Crippen LogP contribution in [0, 0.1) is 0 Å². The highest BCUT2D eigenvalue weighted by Gasteiger charge is 2.34. The van der Waals surface area contributed by atoms with Crippen molar-refractivity contribution in [2.45, 2.75) is 12.3 Å². The van der Waals surface area contributed by atoms with Gasteiger partial charge in [0, 0.05) is 17.5 Å². The van der Waals surface area contributed by atoms with Crippen LogP contribution in [0.2, 0.25) is 0 Å². The highest BCUT2D eigenvalue weighted by Crippen LogP contribution is 2.46. The minimum Gasteiger partial charge on any atom is -0.507 e. The van der Waals surface area contributed by atoms with Crippen molar-refractivity contribution in [1.29, 1.82) is 0 Å². The highest BCUT2D eigenvalue weighted by molar-refractivity contribution is 5.96. The van der Waals surface area contributed by atoms with Crippen LogP contribution in [0.4, 0.5) is 0 Å². The third-order valence-corrected chi connectivity index (χ3v) is 6.57. The summed E-state index contributed by atoms with van der Waals surface area (Å²) in [4.78, 5) is 26.1. The van der Waals surface area contributed by atoms with Crippen molar-refractivity contribution in [2.75, 3.05) is 7.11 Å². The molecule has 172 valence electrons. The molecule has 1 atom stereocenters. The van der Waals surface area contributed by atoms with Crippen LogP contribution in [0.15, 0.2) is 88.3 Å². The smallest absolute Gasteiger partial charge is 0.312 e. The summed E-state index contributed by atoms with van der Waals surface area (Å²) in [6.45, 7) is 0. The molecule has 0 saturated carbocycles. The van der Waals surface area contributed by atoms with Gasteiger partial charge < -0.3 is 19.0 Å². The first-order chi connectivity index (χ1) is 17.0. The third-order valence-electron chi connectivity index (χ3n) is 6.57. The average molecular weight is 464 g/mol. The van der Waals surface area contributed by atoms with Crippen molar-refractivity contribution >= 4 is 27.7 Å². The Morgan fingerprint density at radius 2 is 1.74 bits per heavy atom. The fourth-order valence-electron chi connectivity index (χ4n) is 4.92.